The predicted octanol–water partition coefficient (Wildman–Crippen LogP) is 2.43. The summed E-state index contributed by atoms with van der Waals surface area (Å²) in [5.74, 6) is -9.51. The molecule has 0 amide bonds. The third kappa shape index (κ3) is 2.38. The van der Waals surface area contributed by atoms with Crippen LogP contribution in [-0.4, -0.2) is 19.7 Å². The average Bonchev–Trinajstić information content (AvgIpc) is 2.26. The van der Waals surface area contributed by atoms with E-state index in [0.717, 1.165) is 14.0 Å². The highest BCUT2D eigenvalue weighted by atomic mass is 19.2. The van der Waals surface area contributed by atoms with Crippen LogP contribution in [0.4, 0.5) is 17.6 Å². The Morgan fingerprint density at radius 1 is 1.06 bits per heavy atom. The van der Waals surface area contributed by atoms with Crippen molar-refractivity contribution in [3.8, 4) is 5.75 Å². The zero-order valence-corrected chi connectivity index (χ0v) is 8.94. The number of Topliss-reactive ketones (excluding diaryl/α,β-unsaturated/α-hetero) is 1. The zero-order chi connectivity index (χ0) is 13.2. The van der Waals surface area contributed by atoms with Gasteiger partial charge in [0.15, 0.2) is 30.0 Å². The Kier molecular flexibility index (Phi) is 4.06. The van der Waals surface area contributed by atoms with E-state index in [4.69, 9.17) is 0 Å². The second kappa shape index (κ2) is 5.13. The molecule has 0 fully saturated rings. The molecule has 1 rings (SSSR count). The Bertz CT molecular complexity index is 430. The molecule has 0 saturated heterocycles. The highest BCUT2D eigenvalue weighted by Crippen LogP contribution is 2.30. The normalized spacial score (nSPS) is 10.5. The molecule has 0 aliphatic carbocycles. The van der Waals surface area contributed by atoms with E-state index in [2.05, 4.69) is 9.47 Å². The number of ketones is 1. The van der Waals surface area contributed by atoms with Crippen LogP contribution in [0.15, 0.2) is 0 Å². The van der Waals surface area contributed by atoms with Gasteiger partial charge in [0.1, 0.15) is 0 Å². The lowest BCUT2D eigenvalue weighted by Gasteiger charge is -2.10. The first-order chi connectivity index (χ1) is 7.91. The van der Waals surface area contributed by atoms with Gasteiger partial charge in [-0.15, -0.1) is 0 Å². The fourth-order valence-electron chi connectivity index (χ4n) is 1.17. The Morgan fingerprint density at radius 3 is 1.88 bits per heavy atom. The highest BCUT2D eigenvalue weighted by molar-refractivity contribution is 5.94. The van der Waals surface area contributed by atoms with Crippen molar-refractivity contribution in [2.75, 3.05) is 13.9 Å². The lowest BCUT2D eigenvalue weighted by molar-refractivity contribution is 0.0439. The van der Waals surface area contributed by atoms with Crippen LogP contribution in [0.5, 0.6) is 5.75 Å². The molecule has 7 heteroatoms. The van der Waals surface area contributed by atoms with E-state index >= 15 is 0 Å². The van der Waals surface area contributed by atoms with Crippen LogP contribution in [-0.2, 0) is 4.74 Å². The van der Waals surface area contributed by atoms with Crippen LogP contribution in [0.3, 0.4) is 0 Å². The van der Waals surface area contributed by atoms with Crippen molar-refractivity contribution < 1.29 is 31.8 Å². The molecule has 17 heavy (non-hydrogen) atoms. The summed E-state index contributed by atoms with van der Waals surface area (Å²) in [7, 11) is 1.16. The summed E-state index contributed by atoms with van der Waals surface area (Å²) in [5.41, 5.74) is -1.27. The molecule has 0 unspecified atom stereocenters. The van der Waals surface area contributed by atoms with Crippen molar-refractivity contribution in [1.82, 2.24) is 0 Å². The quantitative estimate of drug-likeness (QED) is 0.357. The van der Waals surface area contributed by atoms with Crippen LogP contribution in [0.25, 0.3) is 0 Å². The van der Waals surface area contributed by atoms with Gasteiger partial charge in [-0.3, -0.25) is 4.79 Å². The standard InChI is InChI=1S/C10H8F4O3/c1-4(15)5-6(11)8(13)10(17-3-16-2)9(14)7(5)12/h3H2,1-2H3. The van der Waals surface area contributed by atoms with E-state index in [9.17, 15) is 22.4 Å². The van der Waals surface area contributed by atoms with Gasteiger partial charge in [-0.05, 0) is 6.92 Å². The molecule has 3 nitrogen and oxygen atoms in total. The largest absolute Gasteiger partial charge is 0.461 e. The Labute approximate surface area is 93.9 Å². The number of rotatable bonds is 4. The minimum atomic E-state index is -1.79. The topological polar surface area (TPSA) is 35.5 Å². The number of hydrogen-bond donors (Lipinski definition) is 0. The van der Waals surface area contributed by atoms with Crippen LogP contribution in [0.2, 0.25) is 0 Å². The monoisotopic (exact) mass is 252 g/mol. The summed E-state index contributed by atoms with van der Waals surface area (Å²) in [4.78, 5) is 10.8. The number of carbonyl (C=O) groups excluding carboxylic acids is 1. The van der Waals surface area contributed by atoms with Crippen molar-refractivity contribution in [1.29, 1.82) is 0 Å². The van der Waals surface area contributed by atoms with Gasteiger partial charge in [0.05, 0.1) is 5.56 Å². The summed E-state index contributed by atoms with van der Waals surface area (Å²) in [6.07, 6.45) is 0. The first-order valence-corrected chi connectivity index (χ1v) is 4.40. The molecule has 0 heterocycles. The van der Waals surface area contributed by atoms with Crippen molar-refractivity contribution in [3.63, 3.8) is 0 Å². The van der Waals surface area contributed by atoms with E-state index in [1.165, 1.54) is 0 Å². The molecule has 0 saturated carbocycles. The SMILES string of the molecule is COCOc1c(F)c(F)c(C(C)=O)c(F)c1F. The number of methoxy groups -OCH3 is 1. The molecule has 0 aliphatic rings. The maximum atomic E-state index is 13.3. The van der Waals surface area contributed by atoms with Crippen molar-refractivity contribution >= 4 is 5.78 Å². The molecule has 0 spiro atoms. The van der Waals surface area contributed by atoms with Gasteiger partial charge in [-0.25, -0.2) is 8.78 Å². The molecule has 0 atom stereocenters. The number of halogens is 4. The Morgan fingerprint density at radius 2 is 1.53 bits per heavy atom. The molecule has 1 aromatic carbocycles. The second-order valence-electron chi connectivity index (χ2n) is 3.07. The molecule has 1 aromatic rings. The van der Waals surface area contributed by atoms with Gasteiger partial charge in [0.25, 0.3) is 0 Å². The summed E-state index contributed by atoms with van der Waals surface area (Å²) in [6.45, 7) is 0.197. The van der Waals surface area contributed by atoms with E-state index in [1.807, 2.05) is 0 Å². The minimum absolute atomic E-state index is 0.591. The molecule has 0 aliphatic heterocycles. The van der Waals surface area contributed by atoms with Gasteiger partial charge in [-0.2, -0.15) is 8.78 Å². The van der Waals surface area contributed by atoms with Gasteiger partial charge >= 0.3 is 0 Å². The molecule has 94 valence electrons. The number of benzene rings is 1. The predicted molar refractivity (Wildman–Crippen MR) is 48.8 cm³/mol. The lowest BCUT2D eigenvalue weighted by atomic mass is 10.1. The van der Waals surface area contributed by atoms with Crippen molar-refractivity contribution in [3.05, 3.63) is 28.8 Å². The summed E-state index contributed by atoms with van der Waals surface area (Å²) >= 11 is 0. The minimum Gasteiger partial charge on any atom is -0.461 e. The smallest absolute Gasteiger partial charge is 0.204 e. The maximum absolute atomic E-state index is 13.3. The Balaban J connectivity index is 3.41. The summed E-state index contributed by atoms with van der Waals surface area (Å²) in [6, 6.07) is 0. The first-order valence-electron chi connectivity index (χ1n) is 4.40. The van der Waals surface area contributed by atoms with E-state index in [0.29, 0.717) is 0 Å². The fourth-order valence-corrected chi connectivity index (χ4v) is 1.17. The molecule has 0 aromatic heterocycles. The van der Waals surface area contributed by atoms with E-state index in [1.54, 1.807) is 0 Å². The number of carbonyl (C=O) groups is 1. The van der Waals surface area contributed by atoms with Gasteiger partial charge < -0.3 is 9.47 Å². The molecule has 0 bridgehead atoms. The highest BCUT2D eigenvalue weighted by Gasteiger charge is 2.28. The van der Waals surface area contributed by atoms with Crippen LogP contribution in [0.1, 0.15) is 17.3 Å². The molecule has 0 N–H and O–H groups in total. The third-order valence-electron chi connectivity index (χ3n) is 1.90. The number of hydrogen-bond acceptors (Lipinski definition) is 3. The van der Waals surface area contributed by atoms with Crippen molar-refractivity contribution in [2.24, 2.45) is 0 Å². The number of ether oxygens (including phenoxy) is 2. The lowest BCUT2D eigenvalue weighted by Crippen LogP contribution is -2.12. The summed E-state index contributed by atoms with van der Waals surface area (Å²) < 4.78 is 61.8. The van der Waals surface area contributed by atoms with Gasteiger partial charge in [0, 0.05) is 7.11 Å². The molecular weight excluding hydrogens is 244 g/mol. The average molecular weight is 252 g/mol. The van der Waals surface area contributed by atoms with E-state index < -0.39 is 47.2 Å². The van der Waals surface area contributed by atoms with Crippen LogP contribution in [0, 0.1) is 23.3 Å². The fraction of sp³-hybridized carbons (Fsp3) is 0.300. The first kappa shape index (κ1) is 13.4. The molecule has 0 radical (unpaired) electrons. The molecular formula is C10H8F4O3. The second-order valence-corrected chi connectivity index (χ2v) is 3.07. The van der Waals surface area contributed by atoms with Gasteiger partial charge in [0.2, 0.25) is 11.6 Å². The third-order valence-corrected chi connectivity index (χ3v) is 1.90. The van der Waals surface area contributed by atoms with Gasteiger partial charge in [-0.1, -0.05) is 0 Å². The zero-order valence-electron chi connectivity index (χ0n) is 8.94. The van der Waals surface area contributed by atoms with Crippen LogP contribution >= 0.6 is 0 Å². The Hall–Kier alpha value is -1.63. The van der Waals surface area contributed by atoms with Crippen LogP contribution < -0.4 is 4.74 Å². The van der Waals surface area contributed by atoms with E-state index in [-0.39, 0.29) is 0 Å². The van der Waals surface area contributed by atoms with Crippen molar-refractivity contribution in [2.45, 2.75) is 6.92 Å². The summed E-state index contributed by atoms with van der Waals surface area (Å²) in [5, 5.41) is 0. The maximum Gasteiger partial charge on any atom is 0.204 e.